The molecule has 0 saturated carbocycles. The van der Waals surface area contributed by atoms with Gasteiger partial charge < -0.3 is 15.5 Å². The lowest BCUT2D eigenvalue weighted by Crippen LogP contribution is -2.31. The number of hydrogen-bond donors (Lipinski definition) is 2. The van der Waals surface area contributed by atoms with Crippen molar-refractivity contribution < 1.29 is 0 Å². The average Bonchev–Trinajstić information content (AvgIpc) is 2.53. The number of piperidine rings is 1. The van der Waals surface area contributed by atoms with Gasteiger partial charge in [0, 0.05) is 26.0 Å². The van der Waals surface area contributed by atoms with Crippen LogP contribution in [0.1, 0.15) is 12.8 Å². The van der Waals surface area contributed by atoms with Gasteiger partial charge in [-0.05, 0) is 44.0 Å². The Kier molecular flexibility index (Phi) is 4.20. The predicted octanol–water partition coefficient (Wildman–Crippen LogP) is 2.11. The van der Waals surface area contributed by atoms with Gasteiger partial charge in [-0.2, -0.15) is 4.98 Å². The van der Waals surface area contributed by atoms with E-state index in [1.807, 2.05) is 37.2 Å². The zero-order chi connectivity index (χ0) is 14.7. The maximum Gasteiger partial charge on any atom is 0.225 e. The summed E-state index contributed by atoms with van der Waals surface area (Å²) in [7, 11) is 4.04. The van der Waals surface area contributed by atoms with E-state index in [4.69, 9.17) is 0 Å². The molecule has 0 atom stereocenters. The minimum absolute atomic E-state index is 0.712. The summed E-state index contributed by atoms with van der Waals surface area (Å²) >= 11 is 0. The van der Waals surface area contributed by atoms with Crippen LogP contribution in [0.3, 0.4) is 0 Å². The third kappa shape index (κ3) is 3.24. The second-order valence-electron chi connectivity index (χ2n) is 5.86. The molecule has 3 rings (SSSR count). The van der Waals surface area contributed by atoms with Crippen LogP contribution in [-0.2, 0) is 0 Å². The van der Waals surface area contributed by atoms with Crippen LogP contribution in [0.5, 0.6) is 0 Å². The fourth-order valence-electron chi connectivity index (χ4n) is 2.80. The normalized spacial score (nSPS) is 16.1. The van der Waals surface area contributed by atoms with Crippen molar-refractivity contribution in [1.29, 1.82) is 0 Å². The largest absolute Gasteiger partial charge is 0.362 e. The molecule has 0 bridgehead atoms. The molecule has 0 spiro atoms. The van der Waals surface area contributed by atoms with Crippen molar-refractivity contribution in [1.82, 2.24) is 15.3 Å². The van der Waals surface area contributed by atoms with Crippen LogP contribution >= 0.6 is 0 Å². The van der Waals surface area contributed by atoms with Crippen LogP contribution < -0.4 is 15.5 Å². The number of nitrogens with one attached hydrogen (secondary N) is 2. The summed E-state index contributed by atoms with van der Waals surface area (Å²) in [6.07, 6.45) is 2.45. The molecule has 1 aromatic heterocycles. The molecule has 0 radical (unpaired) electrons. The summed E-state index contributed by atoms with van der Waals surface area (Å²) in [5.74, 6) is 2.41. The molecule has 21 heavy (non-hydrogen) atoms. The lowest BCUT2D eigenvalue weighted by atomic mass is 9.98. The lowest BCUT2D eigenvalue weighted by Gasteiger charge is -2.23. The van der Waals surface area contributed by atoms with Crippen LogP contribution in [0.2, 0.25) is 0 Å². The van der Waals surface area contributed by atoms with Gasteiger partial charge in [0.1, 0.15) is 5.82 Å². The third-order valence-corrected chi connectivity index (χ3v) is 4.01. The first-order valence-corrected chi connectivity index (χ1v) is 7.63. The van der Waals surface area contributed by atoms with Gasteiger partial charge in [-0.15, -0.1) is 0 Å². The van der Waals surface area contributed by atoms with Gasteiger partial charge in [-0.1, -0.05) is 12.1 Å². The number of benzene rings is 1. The Bertz CT molecular complexity index is 605. The number of aromatic nitrogens is 2. The number of para-hydroxylation sites is 1. The molecule has 2 N–H and O–H groups in total. The molecular weight excluding hydrogens is 262 g/mol. The van der Waals surface area contributed by atoms with Crippen LogP contribution in [-0.4, -0.2) is 43.7 Å². The van der Waals surface area contributed by atoms with Crippen molar-refractivity contribution in [3.8, 4) is 0 Å². The van der Waals surface area contributed by atoms with Gasteiger partial charge in [0.05, 0.1) is 5.52 Å². The van der Waals surface area contributed by atoms with Crippen LogP contribution in [0, 0.1) is 5.92 Å². The number of hydrogen-bond acceptors (Lipinski definition) is 5. The second-order valence-corrected chi connectivity index (χ2v) is 5.86. The van der Waals surface area contributed by atoms with Gasteiger partial charge in [-0.3, -0.25) is 0 Å². The smallest absolute Gasteiger partial charge is 0.225 e. The van der Waals surface area contributed by atoms with E-state index in [-0.39, 0.29) is 0 Å². The van der Waals surface area contributed by atoms with Crippen LogP contribution in [0.25, 0.3) is 10.9 Å². The molecule has 5 nitrogen and oxygen atoms in total. The average molecular weight is 285 g/mol. The van der Waals surface area contributed by atoms with E-state index in [2.05, 4.69) is 26.7 Å². The molecule has 1 aromatic carbocycles. The van der Waals surface area contributed by atoms with Gasteiger partial charge >= 0.3 is 0 Å². The molecule has 1 aliphatic rings. The van der Waals surface area contributed by atoms with E-state index in [1.165, 1.54) is 12.8 Å². The standard InChI is InChI=1S/C16H23N5/c1-21(2)15-13-5-3-4-6-14(13)19-16(20-15)18-11-12-7-9-17-10-8-12/h3-6,12,17H,7-11H2,1-2H3,(H,18,19,20). The van der Waals surface area contributed by atoms with Crippen LogP contribution in [0.4, 0.5) is 11.8 Å². The Morgan fingerprint density at radius 3 is 2.71 bits per heavy atom. The minimum Gasteiger partial charge on any atom is -0.362 e. The maximum absolute atomic E-state index is 4.67. The van der Waals surface area contributed by atoms with Crippen molar-refractivity contribution in [2.24, 2.45) is 5.92 Å². The Morgan fingerprint density at radius 2 is 1.95 bits per heavy atom. The number of fused-ring (bicyclic) bond motifs is 1. The highest BCUT2D eigenvalue weighted by Crippen LogP contribution is 2.24. The molecule has 112 valence electrons. The Labute approximate surface area is 125 Å². The number of nitrogens with zero attached hydrogens (tertiary/aromatic N) is 3. The van der Waals surface area contributed by atoms with Gasteiger partial charge in [0.25, 0.3) is 0 Å². The zero-order valence-electron chi connectivity index (χ0n) is 12.8. The Morgan fingerprint density at radius 1 is 1.19 bits per heavy atom. The Balaban J connectivity index is 1.81. The highest BCUT2D eigenvalue weighted by atomic mass is 15.2. The number of anilines is 2. The summed E-state index contributed by atoms with van der Waals surface area (Å²) < 4.78 is 0. The molecule has 1 saturated heterocycles. The lowest BCUT2D eigenvalue weighted by molar-refractivity contribution is 0.389. The molecule has 0 aliphatic carbocycles. The molecule has 1 fully saturated rings. The van der Waals surface area contributed by atoms with Crippen molar-refractivity contribution in [3.63, 3.8) is 0 Å². The highest BCUT2D eigenvalue weighted by Gasteiger charge is 2.14. The molecular formula is C16H23N5. The molecule has 2 aromatic rings. The van der Waals surface area contributed by atoms with E-state index in [0.717, 1.165) is 42.3 Å². The summed E-state index contributed by atoms with van der Waals surface area (Å²) in [6, 6.07) is 8.16. The number of rotatable bonds is 4. The van der Waals surface area contributed by atoms with E-state index in [9.17, 15) is 0 Å². The van der Waals surface area contributed by atoms with Gasteiger partial charge in [0.2, 0.25) is 5.95 Å². The summed E-state index contributed by atoms with van der Waals surface area (Å²) in [5, 5.41) is 7.91. The Hall–Kier alpha value is -1.88. The van der Waals surface area contributed by atoms with E-state index >= 15 is 0 Å². The van der Waals surface area contributed by atoms with Crippen molar-refractivity contribution in [2.45, 2.75) is 12.8 Å². The zero-order valence-corrected chi connectivity index (χ0v) is 12.8. The van der Waals surface area contributed by atoms with Crippen LogP contribution in [0.15, 0.2) is 24.3 Å². The van der Waals surface area contributed by atoms with Gasteiger partial charge in [0.15, 0.2) is 0 Å². The third-order valence-electron chi connectivity index (χ3n) is 4.01. The highest BCUT2D eigenvalue weighted by molar-refractivity contribution is 5.90. The molecule has 0 unspecified atom stereocenters. The van der Waals surface area contributed by atoms with Gasteiger partial charge in [-0.25, -0.2) is 4.98 Å². The van der Waals surface area contributed by atoms with Crippen molar-refractivity contribution >= 4 is 22.7 Å². The summed E-state index contributed by atoms with van der Waals surface area (Å²) in [5.41, 5.74) is 0.990. The summed E-state index contributed by atoms with van der Waals surface area (Å²) in [6.45, 7) is 3.19. The van der Waals surface area contributed by atoms with Crippen molar-refractivity contribution in [3.05, 3.63) is 24.3 Å². The van der Waals surface area contributed by atoms with E-state index < -0.39 is 0 Å². The quantitative estimate of drug-likeness (QED) is 0.901. The van der Waals surface area contributed by atoms with E-state index in [0.29, 0.717) is 5.92 Å². The predicted molar refractivity (Wildman–Crippen MR) is 87.9 cm³/mol. The van der Waals surface area contributed by atoms with Crippen molar-refractivity contribution in [2.75, 3.05) is 43.9 Å². The second kappa shape index (κ2) is 6.26. The molecule has 0 amide bonds. The fourth-order valence-corrected chi connectivity index (χ4v) is 2.80. The SMILES string of the molecule is CN(C)c1nc(NCC2CCNCC2)nc2ccccc12. The first-order chi connectivity index (χ1) is 10.2. The maximum atomic E-state index is 4.67. The first kappa shape index (κ1) is 14.1. The van der Waals surface area contributed by atoms with E-state index in [1.54, 1.807) is 0 Å². The molecule has 2 heterocycles. The minimum atomic E-state index is 0.712. The summed E-state index contributed by atoms with van der Waals surface area (Å²) in [4.78, 5) is 11.4. The first-order valence-electron chi connectivity index (χ1n) is 7.63. The molecule has 1 aliphatic heterocycles. The topological polar surface area (TPSA) is 53.1 Å². The molecule has 5 heteroatoms. The fraction of sp³-hybridized carbons (Fsp3) is 0.500. The monoisotopic (exact) mass is 285 g/mol.